The standard InChI is InChI=1S/C15H19N3O3S/c1-9(8-21-2)17-13(19)10-7-16-15-18(14(10)20)11-5-3-4-6-12(11)22-15/h7,9H,3-6,8H2,1-2H3,(H,17,19)/t9-/m1/s1. The number of amides is 1. The molecule has 0 saturated heterocycles. The quantitative estimate of drug-likeness (QED) is 0.924. The molecule has 0 spiro atoms. The maximum absolute atomic E-state index is 12.7. The Kier molecular flexibility index (Phi) is 4.26. The molecule has 0 fully saturated rings. The van der Waals surface area contributed by atoms with Gasteiger partial charge < -0.3 is 10.1 Å². The molecule has 2 aromatic heterocycles. The van der Waals surface area contributed by atoms with Gasteiger partial charge in [-0.3, -0.25) is 14.0 Å². The molecule has 0 saturated carbocycles. The topological polar surface area (TPSA) is 72.7 Å². The highest BCUT2D eigenvalue weighted by atomic mass is 32.1. The number of ether oxygens (including phenoxy) is 1. The summed E-state index contributed by atoms with van der Waals surface area (Å²) >= 11 is 1.56. The second-order valence-electron chi connectivity index (χ2n) is 5.60. The van der Waals surface area contributed by atoms with Crippen molar-refractivity contribution in [3.63, 3.8) is 0 Å². The lowest BCUT2D eigenvalue weighted by Gasteiger charge is -2.13. The molecule has 1 aliphatic rings. The molecule has 0 aliphatic heterocycles. The Bertz CT molecular complexity index is 765. The zero-order valence-corrected chi connectivity index (χ0v) is 13.5. The third kappa shape index (κ3) is 2.66. The zero-order chi connectivity index (χ0) is 15.7. The number of hydrogen-bond donors (Lipinski definition) is 1. The molecule has 2 aromatic rings. The molecule has 0 bridgehead atoms. The third-order valence-corrected chi connectivity index (χ3v) is 5.00. The summed E-state index contributed by atoms with van der Waals surface area (Å²) in [4.78, 5) is 31.2. The van der Waals surface area contributed by atoms with Gasteiger partial charge in [0.2, 0.25) is 0 Å². The van der Waals surface area contributed by atoms with Crippen molar-refractivity contribution in [3.05, 3.63) is 32.7 Å². The SMILES string of the molecule is COC[C@@H](C)NC(=O)c1cnc2sc3c(n2c1=O)CCCC3. The Labute approximate surface area is 132 Å². The van der Waals surface area contributed by atoms with E-state index in [4.69, 9.17) is 4.74 Å². The van der Waals surface area contributed by atoms with E-state index in [1.807, 2.05) is 6.92 Å². The van der Waals surface area contributed by atoms with Gasteiger partial charge in [-0.05, 0) is 32.6 Å². The number of rotatable bonds is 4. The molecule has 7 heteroatoms. The third-order valence-electron chi connectivity index (χ3n) is 3.84. The van der Waals surface area contributed by atoms with E-state index in [0.717, 1.165) is 31.4 Å². The van der Waals surface area contributed by atoms with E-state index in [1.54, 1.807) is 22.8 Å². The van der Waals surface area contributed by atoms with Gasteiger partial charge in [0.25, 0.3) is 11.5 Å². The van der Waals surface area contributed by atoms with Gasteiger partial charge in [0.15, 0.2) is 4.96 Å². The number of aryl methyl sites for hydroxylation is 2. The molecule has 2 heterocycles. The zero-order valence-electron chi connectivity index (χ0n) is 12.7. The van der Waals surface area contributed by atoms with E-state index in [9.17, 15) is 9.59 Å². The number of methoxy groups -OCH3 is 1. The Morgan fingerprint density at radius 1 is 1.50 bits per heavy atom. The Hall–Kier alpha value is -1.73. The summed E-state index contributed by atoms with van der Waals surface area (Å²) in [5.74, 6) is -0.396. The highest BCUT2D eigenvalue weighted by Gasteiger charge is 2.21. The molecule has 6 nitrogen and oxygen atoms in total. The van der Waals surface area contributed by atoms with E-state index in [1.165, 1.54) is 11.1 Å². The van der Waals surface area contributed by atoms with Crippen LogP contribution in [0.4, 0.5) is 0 Å². The van der Waals surface area contributed by atoms with Crippen molar-refractivity contribution in [2.75, 3.05) is 13.7 Å². The van der Waals surface area contributed by atoms with Crippen LogP contribution in [-0.2, 0) is 17.6 Å². The summed E-state index contributed by atoms with van der Waals surface area (Å²) in [6.45, 7) is 2.23. The number of nitrogens with zero attached hydrogens (tertiary/aromatic N) is 2. The van der Waals surface area contributed by atoms with Gasteiger partial charge in [-0.2, -0.15) is 0 Å². The van der Waals surface area contributed by atoms with Crippen LogP contribution in [0.5, 0.6) is 0 Å². The number of fused-ring (bicyclic) bond motifs is 3. The summed E-state index contributed by atoms with van der Waals surface area (Å²) in [6.07, 6.45) is 5.48. The van der Waals surface area contributed by atoms with Crippen molar-refractivity contribution in [3.8, 4) is 0 Å². The maximum atomic E-state index is 12.7. The number of hydrogen-bond acceptors (Lipinski definition) is 5. The van der Waals surface area contributed by atoms with Crippen LogP contribution in [0.2, 0.25) is 0 Å². The fraction of sp³-hybridized carbons (Fsp3) is 0.533. The molecule has 3 rings (SSSR count). The van der Waals surface area contributed by atoms with Gasteiger partial charge >= 0.3 is 0 Å². The van der Waals surface area contributed by atoms with E-state index < -0.39 is 5.91 Å². The van der Waals surface area contributed by atoms with Crippen molar-refractivity contribution in [1.82, 2.24) is 14.7 Å². The minimum atomic E-state index is -0.396. The van der Waals surface area contributed by atoms with Crippen LogP contribution in [0.1, 0.15) is 40.7 Å². The smallest absolute Gasteiger partial charge is 0.271 e. The molecule has 118 valence electrons. The average molecular weight is 321 g/mol. The number of carbonyl (C=O) groups is 1. The van der Waals surface area contributed by atoms with Gasteiger partial charge in [-0.25, -0.2) is 4.98 Å². The van der Waals surface area contributed by atoms with Gasteiger partial charge in [0, 0.05) is 29.9 Å². The number of aromatic nitrogens is 2. The first-order chi connectivity index (χ1) is 10.6. The largest absolute Gasteiger partial charge is 0.383 e. The Morgan fingerprint density at radius 3 is 3.05 bits per heavy atom. The lowest BCUT2D eigenvalue weighted by molar-refractivity contribution is 0.0903. The van der Waals surface area contributed by atoms with Crippen LogP contribution in [0.25, 0.3) is 4.96 Å². The van der Waals surface area contributed by atoms with Gasteiger partial charge in [0.1, 0.15) is 5.56 Å². The van der Waals surface area contributed by atoms with E-state index in [2.05, 4.69) is 10.3 Å². The molecule has 1 N–H and O–H groups in total. The Morgan fingerprint density at radius 2 is 2.27 bits per heavy atom. The van der Waals surface area contributed by atoms with Crippen molar-refractivity contribution in [2.24, 2.45) is 0 Å². The summed E-state index contributed by atoms with van der Waals surface area (Å²) < 4.78 is 6.61. The van der Waals surface area contributed by atoms with Crippen molar-refractivity contribution in [1.29, 1.82) is 0 Å². The molecule has 1 atom stereocenters. The first-order valence-corrected chi connectivity index (χ1v) is 8.25. The summed E-state index contributed by atoms with van der Waals surface area (Å²) in [7, 11) is 1.57. The molecule has 1 aliphatic carbocycles. The lowest BCUT2D eigenvalue weighted by Crippen LogP contribution is -2.39. The van der Waals surface area contributed by atoms with Crippen LogP contribution < -0.4 is 10.9 Å². The second kappa shape index (κ2) is 6.18. The average Bonchev–Trinajstić information content (AvgIpc) is 2.86. The first kappa shape index (κ1) is 15.2. The lowest BCUT2D eigenvalue weighted by atomic mass is 10.0. The first-order valence-electron chi connectivity index (χ1n) is 7.44. The van der Waals surface area contributed by atoms with Crippen LogP contribution in [-0.4, -0.2) is 35.1 Å². The van der Waals surface area contributed by atoms with E-state index >= 15 is 0 Å². The fourth-order valence-corrected chi connectivity index (χ4v) is 3.99. The molecule has 22 heavy (non-hydrogen) atoms. The highest BCUT2D eigenvalue weighted by Crippen LogP contribution is 2.28. The van der Waals surface area contributed by atoms with Crippen LogP contribution in [0.3, 0.4) is 0 Å². The monoisotopic (exact) mass is 321 g/mol. The minimum absolute atomic E-state index is 0.0895. The van der Waals surface area contributed by atoms with E-state index in [0.29, 0.717) is 11.6 Å². The molecule has 0 radical (unpaired) electrons. The van der Waals surface area contributed by atoms with E-state index in [-0.39, 0.29) is 17.2 Å². The van der Waals surface area contributed by atoms with Crippen molar-refractivity contribution >= 4 is 22.2 Å². The normalized spacial score (nSPS) is 15.5. The fourth-order valence-electron chi connectivity index (χ4n) is 2.82. The van der Waals surface area contributed by atoms with Gasteiger partial charge in [0.05, 0.1) is 6.61 Å². The summed E-state index contributed by atoms with van der Waals surface area (Å²) in [6, 6.07) is -0.158. The second-order valence-corrected chi connectivity index (χ2v) is 6.67. The molecule has 1 amide bonds. The van der Waals surface area contributed by atoms with Crippen molar-refractivity contribution < 1.29 is 9.53 Å². The Balaban J connectivity index is 1.99. The number of nitrogens with one attached hydrogen (secondary N) is 1. The molecule has 0 aromatic carbocycles. The van der Waals surface area contributed by atoms with Crippen molar-refractivity contribution in [2.45, 2.75) is 38.6 Å². The predicted molar refractivity (Wildman–Crippen MR) is 84.8 cm³/mol. The molecule has 0 unspecified atom stereocenters. The minimum Gasteiger partial charge on any atom is -0.383 e. The molecular weight excluding hydrogens is 302 g/mol. The van der Waals surface area contributed by atoms with Gasteiger partial charge in [-0.1, -0.05) is 0 Å². The molecular formula is C15H19N3O3S. The van der Waals surface area contributed by atoms with Gasteiger partial charge in [-0.15, -0.1) is 11.3 Å². The van der Waals surface area contributed by atoms with Crippen LogP contribution in [0.15, 0.2) is 11.0 Å². The maximum Gasteiger partial charge on any atom is 0.271 e. The number of thiazole rings is 1. The highest BCUT2D eigenvalue weighted by molar-refractivity contribution is 7.17. The number of carbonyl (C=O) groups excluding carboxylic acids is 1. The van der Waals surface area contributed by atoms with Crippen LogP contribution >= 0.6 is 11.3 Å². The summed E-state index contributed by atoms with van der Waals surface area (Å²) in [5, 5.41) is 2.76. The van der Waals surface area contributed by atoms with Crippen LogP contribution in [0, 0.1) is 0 Å². The predicted octanol–water partition coefficient (Wildman–Crippen LogP) is 1.40. The summed E-state index contributed by atoms with van der Waals surface area (Å²) in [5.41, 5.74) is 0.849.